The van der Waals surface area contributed by atoms with Gasteiger partial charge in [0.15, 0.2) is 0 Å². The van der Waals surface area contributed by atoms with E-state index in [1.165, 1.54) is 64.2 Å². The minimum Gasteiger partial charge on any atom is -0.396 e. The summed E-state index contributed by atoms with van der Waals surface area (Å²) in [5.74, 6) is 0. The van der Waals surface area contributed by atoms with E-state index in [-0.39, 0.29) is 18.1 Å². The predicted octanol–water partition coefficient (Wildman–Crippen LogP) is 4.82. The Morgan fingerprint density at radius 2 is 1.45 bits per heavy atom. The van der Waals surface area contributed by atoms with E-state index < -0.39 is 0 Å². The van der Waals surface area contributed by atoms with Crippen LogP contribution in [0.1, 0.15) is 96.8 Å². The van der Waals surface area contributed by atoms with Crippen LogP contribution in [0.25, 0.3) is 0 Å². The van der Waals surface area contributed by atoms with Gasteiger partial charge in [-0.3, -0.25) is 0 Å². The summed E-state index contributed by atoms with van der Waals surface area (Å²) in [5, 5.41) is 19.6. The van der Waals surface area contributed by atoms with Gasteiger partial charge in [0, 0.05) is 5.41 Å². The van der Waals surface area contributed by atoms with E-state index >= 15 is 0 Å². The summed E-state index contributed by atoms with van der Waals surface area (Å²) in [6.07, 6.45) is 17.2. The molecule has 2 N–H and O–H groups in total. The van der Waals surface area contributed by atoms with E-state index in [9.17, 15) is 10.2 Å². The molecule has 2 atom stereocenters. The zero-order valence-electron chi connectivity index (χ0n) is 13.6. The predicted molar refractivity (Wildman–Crippen MR) is 85.8 cm³/mol. The maximum absolute atomic E-state index is 10.0. The molecule has 1 aliphatic rings. The number of unbranched alkanes of at least 4 members (excludes halogenated alkanes) is 9. The van der Waals surface area contributed by atoms with E-state index in [0.717, 1.165) is 25.7 Å². The summed E-state index contributed by atoms with van der Waals surface area (Å²) in [7, 11) is 0. The summed E-state index contributed by atoms with van der Waals surface area (Å²) in [6.45, 7) is 2.44. The first-order valence-corrected chi connectivity index (χ1v) is 9.04. The molecule has 0 aromatic heterocycles. The smallest absolute Gasteiger partial charge is 0.0618 e. The lowest BCUT2D eigenvalue weighted by molar-refractivity contribution is -0.00133. The topological polar surface area (TPSA) is 40.5 Å². The average molecular weight is 284 g/mol. The Kier molecular flexibility index (Phi) is 9.54. The van der Waals surface area contributed by atoms with Crippen molar-refractivity contribution in [1.29, 1.82) is 0 Å². The number of hydrogen-bond donors (Lipinski definition) is 2. The molecular formula is C18H36O2. The van der Waals surface area contributed by atoms with E-state index in [1.54, 1.807) is 0 Å². The van der Waals surface area contributed by atoms with E-state index in [0.29, 0.717) is 0 Å². The van der Waals surface area contributed by atoms with Crippen molar-refractivity contribution in [2.24, 2.45) is 5.41 Å². The lowest BCUT2D eigenvalue weighted by Gasteiger charge is -2.30. The Labute approximate surface area is 126 Å². The quantitative estimate of drug-likeness (QED) is 0.504. The Bertz CT molecular complexity index is 229. The third-order valence-electron chi connectivity index (χ3n) is 5.20. The fraction of sp³-hybridized carbons (Fsp3) is 1.00. The van der Waals surface area contributed by atoms with Gasteiger partial charge in [0.25, 0.3) is 0 Å². The zero-order valence-corrected chi connectivity index (χ0v) is 13.6. The third kappa shape index (κ3) is 6.13. The zero-order chi connectivity index (χ0) is 14.7. The molecule has 20 heavy (non-hydrogen) atoms. The lowest BCUT2D eigenvalue weighted by atomic mass is 9.80. The molecule has 0 spiro atoms. The van der Waals surface area contributed by atoms with Crippen molar-refractivity contribution in [3.63, 3.8) is 0 Å². The molecule has 0 radical (unpaired) electrons. The Hall–Kier alpha value is -0.0800. The second kappa shape index (κ2) is 10.6. The van der Waals surface area contributed by atoms with Crippen LogP contribution in [-0.4, -0.2) is 22.9 Å². The molecule has 2 heteroatoms. The second-order valence-electron chi connectivity index (χ2n) is 6.86. The van der Waals surface area contributed by atoms with E-state index in [4.69, 9.17) is 0 Å². The minimum absolute atomic E-state index is 0.153. The van der Waals surface area contributed by atoms with Crippen molar-refractivity contribution in [3.8, 4) is 0 Å². The number of rotatable bonds is 12. The van der Waals surface area contributed by atoms with Crippen LogP contribution in [0.2, 0.25) is 0 Å². The van der Waals surface area contributed by atoms with Gasteiger partial charge in [0.05, 0.1) is 12.7 Å². The molecule has 1 fully saturated rings. The molecule has 1 saturated carbocycles. The molecule has 120 valence electrons. The summed E-state index contributed by atoms with van der Waals surface area (Å²) in [5.41, 5.74) is -0.153. The fourth-order valence-corrected chi connectivity index (χ4v) is 3.64. The van der Waals surface area contributed by atoms with Crippen molar-refractivity contribution in [2.75, 3.05) is 6.61 Å². The van der Waals surface area contributed by atoms with Crippen molar-refractivity contribution >= 4 is 0 Å². The minimum atomic E-state index is -0.258. The van der Waals surface area contributed by atoms with Crippen LogP contribution in [0.3, 0.4) is 0 Å². The third-order valence-corrected chi connectivity index (χ3v) is 5.20. The molecule has 0 aromatic carbocycles. The lowest BCUT2D eigenvalue weighted by Crippen LogP contribution is -2.33. The highest BCUT2D eigenvalue weighted by atomic mass is 16.3. The van der Waals surface area contributed by atoms with Crippen LogP contribution < -0.4 is 0 Å². The van der Waals surface area contributed by atoms with Gasteiger partial charge in [-0.25, -0.2) is 0 Å². The van der Waals surface area contributed by atoms with Crippen molar-refractivity contribution in [1.82, 2.24) is 0 Å². The summed E-state index contributed by atoms with van der Waals surface area (Å²) >= 11 is 0. The summed E-state index contributed by atoms with van der Waals surface area (Å²) < 4.78 is 0. The molecule has 2 nitrogen and oxygen atoms in total. The van der Waals surface area contributed by atoms with Gasteiger partial charge in [-0.05, 0) is 19.3 Å². The van der Waals surface area contributed by atoms with Gasteiger partial charge in [0.1, 0.15) is 0 Å². The van der Waals surface area contributed by atoms with Gasteiger partial charge in [-0.2, -0.15) is 0 Å². The second-order valence-corrected chi connectivity index (χ2v) is 6.86. The molecule has 1 rings (SSSR count). The maximum atomic E-state index is 10.0. The molecule has 0 saturated heterocycles. The molecule has 2 unspecified atom stereocenters. The number of hydrogen-bond acceptors (Lipinski definition) is 2. The monoisotopic (exact) mass is 284 g/mol. The van der Waals surface area contributed by atoms with Crippen LogP contribution in [0.15, 0.2) is 0 Å². The highest BCUT2D eigenvalue weighted by Crippen LogP contribution is 2.42. The molecule has 0 heterocycles. The molecule has 0 amide bonds. The highest BCUT2D eigenvalue weighted by molar-refractivity contribution is 4.91. The van der Waals surface area contributed by atoms with Gasteiger partial charge in [0.2, 0.25) is 0 Å². The van der Waals surface area contributed by atoms with Crippen molar-refractivity contribution in [3.05, 3.63) is 0 Å². The summed E-state index contributed by atoms with van der Waals surface area (Å²) in [6, 6.07) is 0. The maximum Gasteiger partial charge on any atom is 0.0618 e. The average Bonchev–Trinajstić information content (AvgIpc) is 2.82. The van der Waals surface area contributed by atoms with Crippen LogP contribution in [0.4, 0.5) is 0 Å². The first-order valence-electron chi connectivity index (χ1n) is 9.04. The summed E-state index contributed by atoms with van der Waals surface area (Å²) in [4.78, 5) is 0. The molecular weight excluding hydrogens is 248 g/mol. The van der Waals surface area contributed by atoms with Crippen LogP contribution >= 0.6 is 0 Å². The standard InChI is InChI=1S/C18H36O2/c1-2-3-4-5-6-7-8-9-10-11-14-18(16-19)15-12-13-17(18)20/h17,19-20H,2-16H2,1H3. The molecule has 0 aliphatic heterocycles. The molecule has 0 aromatic rings. The fourth-order valence-electron chi connectivity index (χ4n) is 3.64. The Morgan fingerprint density at radius 1 is 0.900 bits per heavy atom. The first-order chi connectivity index (χ1) is 9.75. The largest absolute Gasteiger partial charge is 0.396 e. The Balaban J connectivity index is 1.94. The van der Waals surface area contributed by atoms with Crippen LogP contribution in [0.5, 0.6) is 0 Å². The van der Waals surface area contributed by atoms with Crippen molar-refractivity contribution < 1.29 is 10.2 Å². The van der Waals surface area contributed by atoms with E-state index in [2.05, 4.69) is 6.92 Å². The van der Waals surface area contributed by atoms with Gasteiger partial charge in [-0.15, -0.1) is 0 Å². The van der Waals surface area contributed by atoms with E-state index in [1.807, 2.05) is 0 Å². The normalized spacial score (nSPS) is 26.2. The number of aliphatic hydroxyl groups is 2. The Morgan fingerprint density at radius 3 is 1.90 bits per heavy atom. The number of aliphatic hydroxyl groups excluding tert-OH is 2. The van der Waals surface area contributed by atoms with Gasteiger partial charge < -0.3 is 10.2 Å². The van der Waals surface area contributed by atoms with Crippen LogP contribution in [-0.2, 0) is 0 Å². The highest BCUT2D eigenvalue weighted by Gasteiger charge is 2.40. The van der Waals surface area contributed by atoms with Gasteiger partial charge >= 0.3 is 0 Å². The molecule has 1 aliphatic carbocycles. The van der Waals surface area contributed by atoms with Gasteiger partial charge in [-0.1, -0.05) is 77.6 Å². The van der Waals surface area contributed by atoms with Crippen molar-refractivity contribution in [2.45, 2.75) is 103 Å². The molecule has 0 bridgehead atoms. The SMILES string of the molecule is CCCCCCCCCCCCC1(CO)CCCC1O. The first kappa shape index (κ1) is 18.0. The van der Waals surface area contributed by atoms with Crippen LogP contribution in [0, 0.1) is 5.41 Å².